The highest BCUT2D eigenvalue weighted by atomic mass is 16.2. The number of urea groups is 1. The summed E-state index contributed by atoms with van der Waals surface area (Å²) in [6.07, 6.45) is 1.21. The van der Waals surface area contributed by atoms with Crippen LogP contribution in [0.1, 0.15) is 30.3 Å². The van der Waals surface area contributed by atoms with Crippen LogP contribution < -0.4 is 5.32 Å². The number of aryl methyl sites for hydroxylation is 1. The largest absolute Gasteiger partial charge is 0.325 e. The zero-order valence-electron chi connectivity index (χ0n) is 16.2. The van der Waals surface area contributed by atoms with Crippen LogP contribution in [0.25, 0.3) is 0 Å². The van der Waals surface area contributed by atoms with Crippen molar-refractivity contribution in [2.24, 2.45) is 0 Å². The number of carbonyl (C=O) groups excluding carboxylic acids is 2. The number of benzene rings is 2. The minimum absolute atomic E-state index is 0.0288. The second-order valence-electron chi connectivity index (χ2n) is 7.07. The van der Waals surface area contributed by atoms with Crippen molar-refractivity contribution in [2.45, 2.75) is 38.4 Å². The van der Waals surface area contributed by atoms with E-state index in [4.69, 9.17) is 0 Å². The highest BCUT2D eigenvalue weighted by Crippen LogP contribution is 2.33. The van der Waals surface area contributed by atoms with Gasteiger partial charge < -0.3 is 5.32 Å². The minimum atomic E-state index is -1.16. The first-order valence-corrected chi connectivity index (χ1v) is 9.62. The number of amides is 3. The van der Waals surface area contributed by atoms with E-state index in [1.54, 1.807) is 4.68 Å². The normalized spacial score (nSPS) is 18.9. The number of hydrogen-bond donors (Lipinski definition) is 1. The highest BCUT2D eigenvalue weighted by Gasteiger charge is 2.52. The van der Waals surface area contributed by atoms with Gasteiger partial charge in [0.25, 0.3) is 5.91 Å². The zero-order chi connectivity index (χ0) is 20.3. The molecule has 1 aliphatic heterocycles. The van der Waals surface area contributed by atoms with Crippen LogP contribution in [0.15, 0.2) is 60.7 Å². The van der Waals surface area contributed by atoms with Gasteiger partial charge in [-0.3, -0.25) is 9.69 Å². The minimum Gasteiger partial charge on any atom is -0.319 e. The molecule has 148 valence electrons. The Balaban J connectivity index is 1.70. The zero-order valence-corrected chi connectivity index (χ0v) is 16.2. The Labute approximate surface area is 168 Å². The molecule has 1 fully saturated rings. The molecule has 0 spiro atoms. The molecular weight excluding hydrogens is 368 g/mol. The predicted octanol–water partition coefficient (Wildman–Crippen LogP) is 2.27. The van der Waals surface area contributed by atoms with Crippen LogP contribution in [0.3, 0.4) is 0 Å². The standard InChI is InChI=1S/C21H22N6O2/c1-2-13-27-18(23-24-25-27)15-26-19(28)21(22-20(26)29,17-11-7-4-8-12-17)14-16-9-5-3-6-10-16/h3-12H,2,13-15H2,1H3,(H,22,29)/t21-/m0/s1. The van der Waals surface area contributed by atoms with Gasteiger partial charge in [0.2, 0.25) is 0 Å². The fraction of sp³-hybridized carbons (Fsp3) is 0.286. The van der Waals surface area contributed by atoms with Crippen molar-refractivity contribution in [3.05, 3.63) is 77.6 Å². The third-order valence-electron chi connectivity index (χ3n) is 5.10. The lowest BCUT2D eigenvalue weighted by Gasteiger charge is -2.27. The van der Waals surface area contributed by atoms with Crippen molar-refractivity contribution in [3.63, 3.8) is 0 Å². The van der Waals surface area contributed by atoms with Gasteiger partial charge in [0.1, 0.15) is 0 Å². The summed E-state index contributed by atoms with van der Waals surface area (Å²) in [5.74, 6) is 0.183. The first-order chi connectivity index (χ1) is 14.1. The van der Waals surface area contributed by atoms with Crippen molar-refractivity contribution < 1.29 is 9.59 Å². The van der Waals surface area contributed by atoms with Crippen molar-refractivity contribution in [1.82, 2.24) is 30.4 Å². The summed E-state index contributed by atoms with van der Waals surface area (Å²) in [5, 5.41) is 14.6. The molecule has 0 saturated carbocycles. The predicted molar refractivity (Wildman–Crippen MR) is 105 cm³/mol. The molecule has 0 unspecified atom stereocenters. The molecule has 4 rings (SSSR count). The molecule has 1 aliphatic rings. The lowest BCUT2D eigenvalue weighted by molar-refractivity contribution is -0.132. The molecule has 3 amide bonds. The molecule has 29 heavy (non-hydrogen) atoms. The fourth-order valence-electron chi connectivity index (χ4n) is 3.68. The average molecular weight is 390 g/mol. The molecule has 2 heterocycles. The molecule has 0 bridgehead atoms. The Morgan fingerprint density at radius 3 is 2.38 bits per heavy atom. The number of nitrogens with zero attached hydrogens (tertiary/aromatic N) is 5. The Morgan fingerprint density at radius 1 is 1.00 bits per heavy atom. The van der Waals surface area contributed by atoms with E-state index in [0.29, 0.717) is 18.8 Å². The maximum absolute atomic E-state index is 13.6. The molecular formula is C21H22N6O2. The average Bonchev–Trinajstić information content (AvgIpc) is 3.28. The van der Waals surface area contributed by atoms with Gasteiger partial charge in [-0.15, -0.1) is 5.10 Å². The second-order valence-corrected chi connectivity index (χ2v) is 7.07. The molecule has 1 aromatic heterocycles. The summed E-state index contributed by atoms with van der Waals surface area (Å²) < 4.78 is 1.63. The van der Waals surface area contributed by atoms with Crippen LogP contribution in [0.2, 0.25) is 0 Å². The molecule has 1 saturated heterocycles. The van der Waals surface area contributed by atoms with Gasteiger partial charge in [0.15, 0.2) is 11.4 Å². The SMILES string of the molecule is CCCn1nnnc1CN1C(=O)N[C@@](Cc2ccccc2)(c2ccccc2)C1=O. The fourth-order valence-corrected chi connectivity index (χ4v) is 3.68. The molecule has 1 N–H and O–H groups in total. The van der Waals surface area contributed by atoms with Crippen LogP contribution in [-0.4, -0.2) is 37.0 Å². The van der Waals surface area contributed by atoms with E-state index in [2.05, 4.69) is 20.8 Å². The summed E-state index contributed by atoms with van der Waals surface area (Å²) >= 11 is 0. The van der Waals surface area contributed by atoms with Gasteiger partial charge in [-0.05, 0) is 28.0 Å². The number of rotatable bonds is 7. The Kier molecular flexibility index (Phi) is 5.07. The number of aromatic nitrogens is 4. The number of nitrogens with one attached hydrogen (secondary N) is 1. The quantitative estimate of drug-likeness (QED) is 0.625. The van der Waals surface area contributed by atoms with Gasteiger partial charge in [0, 0.05) is 13.0 Å². The van der Waals surface area contributed by atoms with Crippen molar-refractivity contribution >= 4 is 11.9 Å². The molecule has 0 aliphatic carbocycles. The lowest BCUT2D eigenvalue weighted by atomic mass is 9.83. The van der Waals surface area contributed by atoms with E-state index in [0.717, 1.165) is 17.5 Å². The summed E-state index contributed by atoms with van der Waals surface area (Å²) in [4.78, 5) is 27.7. The first-order valence-electron chi connectivity index (χ1n) is 9.62. The van der Waals surface area contributed by atoms with Crippen LogP contribution in [0.4, 0.5) is 4.79 Å². The second kappa shape index (κ2) is 7.83. The van der Waals surface area contributed by atoms with E-state index >= 15 is 0 Å². The molecule has 2 aromatic carbocycles. The summed E-state index contributed by atoms with van der Waals surface area (Å²) in [7, 11) is 0. The topological polar surface area (TPSA) is 93.0 Å². The van der Waals surface area contributed by atoms with Gasteiger partial charge in [0.05, 0.1) is 6.54 Å². The van der Waals surface area contributed by atoms with Crippen LogP contribution in [0, 0.1) is 0 Å². The van der Waals surface area contributed by atoms with Crippen molar-refractivity contribution in [1.29, 1.82) is 0 Å². The summed E-state index contributed by atoms with van der Waals surface area (Å²) in [6.45, 7) is 2.67. The summed E-state index contributed by atoms with van der Waals surface area (Å²) in [6, 6.07) is 18.6. The number of tetrazole rings is 1. The lowest BCUT2D eigenvalue weighted by Crippen LogP contribution is -2.46. The third-order valence-corrected chi connectivity index (χ3v) is 5.10. The molecule has 8 nitrogen and oxygen atoms in total. The van der Waals surface area contributed by atoms with E-state index in [1.165, 1.54) is 4.90 Å². The summed E-state index contributed by atoms with van der Waals surface area (Å²) in [5.41, 5.74) is 0.545. The van der Waals surface area contributed by atoms with Crippen LogP contribution >= 0.6 is 0 Å². The molecule has 0 radical (unpaired) electrons. The number of hydrogen-bond acceptors (Lipinski definition) is 5. The maximum Gasteiger partial charge on any atom is 0.325 e. The van der Waals surface area contributed by atoms with Crippen molar-refractivity contribution in [3.8, 4) is 0 Å². The first kappa shape index (κ1) is 18.8. The van der Waals surface area contributed by atoms with Crippen LogP contribution in [0.5, 0.6) is 0 Å². The maximum atomic E-state index is 13.6. The van der Waals surface area contributed by atoms with Crippen molar-refractivity contribution in [2.75, 3.05) is 0 Å². The van der Waals surface area contributed by atoms with Gasteiger partial charge in [-0.1, -0.05) is 67.6 Å². The van der Waals surface area contributed by atoms with E-state index in [-0.39, 0.29) is 12.5 Å². The van der Waals surface area contributed by atoms with Gasteiger partial charge in [-0.2, -0.15) is 0 Å². The highest BCUT2D eigenvalue weighted by molar-refractivity contribution is 6.07. The Bertz CT molecular complexity index is 1000. The molecule has 1 atom stereocenters. The Morgan fingerprint density at radius 2 is 1.69 bits per heavy atom. The van der Waals surface area contributed by atoms with E-state index in [9.17, 15) is 9.59 Å². The number of carbonyl (C=O) groups is 2. The van der Waals surface area contributed by atoms with Gasteiger partial charge in [-0.25, -0.2) is 9.48 Å². The molecule has 8 heteroatoms. The van der Waals surface area contributed by atoms with Crippen LogP contribution in [-0.2, 0) is 29.8 Å². The third kappa shape index (κ3) is 3.49. The van der Waals surface area contributed by atoms with E-state index < -0.39 is 11.6 Å². The smallest absolute Gasteiger partial charge is 0.319 e. The molecule has 3 aromatic rings. The van der Waals surface area contributed by atoms with E-state index in [1.807, 2.05) is 67.6 Å². The number of imide groups is 1. The van der Waals surface area contributed by atoms with Gasteiger partial charge >= 0.3 is 6.03 Å². The monoisotopic (exact) mass is 390 g/mol. The Hall–Kier alpha value is -3.55.